The van der Waals surface area contributed by atoms with Gasteiger partial charge in [-0.3, -0.25) is 9.59 Å². The van der Waals surface area contributed by atoms with Crippen LogP contribution in [0.1, 0.15) is 18.4 Å². The smallest absolute Gasteiger partial charge is 0.239 e. The maximum Gasteiger partial charge on any atom is 0.239 e. The Bertz CT molecular complexity index is 716. The van der Waals surface area contributed by atoms with E-state index in [0.29, 0.717) is 12.5 Å². The number of nitrogens with zero attached hydrogens (tertiary/aromatic N) is 2. The lowest BCUT2D eigenvalue weighted by Gasteiger charge is -2.16. The summed E-state index contributed by atoms with van der Waals surface area (Å²) in [4.78, 5) is 25.6. The molecule has 1 aromatic carbocycles. The van der Waals surface area contributed by atoms with Crippen LogP contribution < -0.4 is 5.32 Å². The number of aromatic nitrogens is 1. The highest BCUT2D eigenvalue weighted by Gasteiger charge is 2.24. The molecule has 116 valence electrons. The first-order valence-electron chi connectivity index (χ1n) is 7.61. The van der Waals surface area contributed by atoms with Crippen LogP contribution in [0.15, 0.2) is 30.5 Å². The predicted molar refractivity (Wildman–Crippen MR) is 85.4 cm³/mol. The summed E-state index contributed by atoms with van der Waals surface area (Å²) in [6.45, 7) is 0.125. The standard InChI is InChI=1S/C17H21N3O2/c1-19-10-12(14-5-3-4-6-15(14)19)9-17(22)20(2)11-16(21)18-13-7-8-13/h3-6,10,13H,7-9,11H2,1-2H3,(H,18,21). The Hall–Kier alpha value is -2.30. The van der Waals surface area contributed by atoms with E-state index in [0.717, 1.165) is 29.3 Å². The first kappa shape index (κ1) is 14.6. The van der Waals surface area contributed by atoms with Gasteiger partial charge in [0.25, 0.3) is 0 Å². The number of benzene rings is 1. The molecule has 22 heavy (non-hydrogen) atoms. The number of hydrogen-bond donors (Lipinski definition) is 1. The monoisotopic (exact) mass is 299 g/mol. The number of nitrogens with one attached hydrogen (secondary N) is 1. The molecule has 1 fully saturated rings. The van der Waals surface area contributed by atoms with Gasteiger partial charge in [0.1, 0.15) is 0 Å². The van der Waals surface area contributed by atoms with E-state index >= 15 is 0 Å². The van der Waals surface area contributed by atoms with Crippen LogP contribution in [0.5, 0.6) is 0 Å². The SMILES string of the molecule is CN(CC(=O)NC1CC1)C(=O)Cc1cn(C)c2ccccc12. The maximum atomic E-state index is 12.3. The van der Waals surface area contributed by atoms with Gasteiger partial charge in [0.15, 0.2) is 0 Å². The van der Waals surface area contributed by atoms with Crippen LogP contribution in [-0.2, 0) is 23.1 Å². The Balaban J connectivity index is 1.65. The first-order chi connectivity index (χ1) is 10.5. The minimum atomic E-state index is -0.0729. The van der Waals surface area contributed by atoms with E-state index in [9.17, 15) is 9.59 Å². The summed E-state index contributed by atoms with van der Waals surface area (Å²) in [6.07, 6.45) is 4.41. The Morgan fingerprint density at radius 3 is 2.77 bits per heavy atom. The van der Waals surface area contributed by atoms with Crippen molar-refractivity contribution in [2.45, 2.75) is 25.3 Å². The van der Waals surface area contributed by atoms with E-state index in [1.165, 1.54) is 4.90 Å². The fourth-order valence-corrected chi connectivity index (χ4v) is 2.67. The molecule has 1 aromatic heterocycles. The second kappa shape index (κ2) is 5.83. The van der Waals surface area contributed by atoms with Crippen molar-refractivity contribution >= 4 is 22.7 Å². The van der Waals surface area contributed by atoms with E-state index in [1.54, 1.807) is 7.05 Å². The molecule has 2 aromatic rings. The highest BCUT2D eigenvalue weighted by atomic mass is 16.2. The van der Waals surface area contributed by atoms with Crippen LogP contribution in [0.25, 0.3) is 10.9 Å². The Kier molecular flexibility index (Phi) is 3.88. The summed E-state index contributed by atoms with van der Waals surface area (Å²) in [5.41, 5.74) is 2.11. The summed E-state index contributed by atoms with van der Waals surface area (Å²) < 4.78 is 2.03. The molecule has 0 spiro atoms. The normalized spacial score (nSPS) is 14.1. The Morgan fingerprint density at radius 2 is 2.05 bits per heavy atom. The third-order valence-corrected chi connectivity index (χ3v) is 4.07. The van der Waals surface area contributed by atoms with Crippen molar-refractivity contribution in [2.75, 3.05) is 13.6 Å². The molecule has 0 saturated heterocycles. The zero-order valence-corrected chi connectivity index (χ0v) is 13.0. The molecular weight excluding hydrogens is 278 g/mol. The lowest BCUT2D eigenvalue weighted by molar-refractivity contribution is -0.134. The van der Waals surface area contributed by atoms with Gasteiger partial charge in [-0.05, 0) is 24.5 Å². The van der Waals surface area contributed by atoms with Crippen LogP contribution in [0.4, 0.5) is 0 Å². The van der Waals surface area contributed by atoms with Crippen molar-refractivity contribution < 1.29 is 9.59 Å². The summed E-state index contributed by atoms with van der Waals surface area (Å²) in [6, 6.07) is 8.35. The average Bonchev–Trinajstić information content (AvgIpc) is 3.24. The number of carbonyl (C=O) groups is 2. The van der Waals surface area contributed by atoms with Crippen molar-refractivity contribution in [1.82, 2.24) is 14.8 Å². The van der Waals surface area contributed by atoms with Gasteiger partial charge in [-0.15, -0.1) is 0 Å². The summed E-state index contributed by atoms with van der Waals surface area (Å²) >= 11 is 0. The van der Waals surface area contributed by atoms with Gasteiger partial charge in [0.2, 0.25) is 11.8 Å². The minimum Gasteiger partial charge on any atom is -0.352 e. The highest BCUT2D eigenvalue weighted by molar-refractivity contribution is 5.91. The quantitative estimate of drug-likeness (QED) is 0.908. The van der Waals surface area contributed by atoms with Crippen LogP contribution >= 0.6 is 0 Å². The van der Waals surface area contributed by atoms with E-state index < -0.39 is 0 Å². The van der Waals surface area contributed by atoms with Gasteiger partial charge in [0.05, 0.1) is 13.0 Å². The first-order valence-corrected chi connectivity index (χ1v) is 7.61. The number of carbonyl (C=O) groups excluding carboxylic acids is 2. The Morgan fingerprint density at radius 1 is 1.32 bits per heavy atom. The molecule has 1 heterocycles. The highest BCUT2D eigenvalue weighted by Crippen LogP contribution is 2.21. The van der Waals surface area contributed by atoms with Crippen LogP contribution in [0, 0.1) is 0 Å². The van der Waals surface area contributed by atoms with Crippen molar-refractivity contribution in [3.05, 3.63) is 36.0 Å². The molecule has 1 aliphatic rings. The molecule has 0 unspecified atom stereocenters. The molecule has 1 aliphatic carbocycles. The van der Waals surface area contributed by atoms with Crippen LogP contribution in [0.3, 0.4) is 0 Å². The number of likely N-dealkylation sites (N-methyl/N-ethyl adjacent to an activating group) is 1. The summed E-state index contributed by atoms with van der Waals surface area (Å²) in [5.74, 6) is -0.112. The van der Waals surface area contributed by atoms with Gasteiger partial charge in [-0.2, -0.15) is 0 Å². The largest absolute Gasteiger partial charge is 0.352 e. The minimum absolute atomic E-state index is 0.0395. The molecule has 0 atom stereocenters. The lowest BCUT2D eigenvalue weighted by atomic mass is 10.1. The third-order valence-electron chi connectivity index (χ3n) is 4.07. The molecule has 2 amide bonds. The molecule has 5 heteroatoms. The molecule has 5 nitrogen and oxygen atoms in total. The third kappa shape index (κ3) is 3.13. The van der Waals surface area contributed by atoms with E-state index in [1.807, 2.05) is 42.1 Å². The number of rotatable bonds is 5. The van der Waals surface area contributed by atoms with Crippen molar-refractivity contribution in [1.29, 1.82) is 0 Å². The van der Waals surface area contributed by atoms with E-state index in [2.05, 4.69) is 5.32 Å². The number of hydrogen-bond acceptors (Lipinski definition) is 2. The summed E-state index contributed by atoms with van der Waals surface area (Å²) in [7, 11) is 3.66. The molecule has 1 N–H and O–H groups in total. The van der Waals surface area contributed by atoms with Gasteiger partial charge < -0.3 is 14.8 Å². The van der Waals surface area contributed by atoms with E-state index in [4.69, 9.17) is 0 Å². The molecule has 0 radical (unpaired) electrons. The zero-order valence-electron chi connectivity index (χ0n) is 13.0. The Labute approximate surface area is 129 Å². The van der Waals surface area contributed by atoms with Gasteiger partial charge in [-0.25, -0.2) is 0 Å². The average molecular weight is 299 g/mol. The maximum absolute atomic E-state index is 12.3. The number of amides is 2. The fraction of sp³-hybridized carbons (Fsp3) is 0.412. The second-order valence-electron chi connectivity index (χ2n) is 6.05. The molecule has 1 saturated carbocycles. The van der Waals surface area contributed by atoms with Crippen molar-refractivity contribution in [3.8, 4) is 0 Å². The molecular formula is C17H21N3O2. The summed E-state index contributed by atoms with van der Waals surface area (Å²) in [5, 5.41) is 3.99. The van der Waals surface area contributed by atoms with Crippen molar-refractivity contribution in [3.63, 3.8) is 0 Å². The van der Waals surface area contributed by atoms with Gasteiger partial charge >= 0.3 is 0 Å². The predicted octanol–water partition coefficient (Wildman–Crippen LogP) is 1.46. The topological polar surface area (TPSA) is 54.3 Å². The second-order valence-corrected chi connectivity index (χ2v) is 6.05. The molecule has 3 rings (SSSR count). The van der Waals surface area contributed by atoms with Crippen LogP contribution in [0.2, 0.25) is 0 Å². The zero-order chi connectivity index (χ0) is 15.7. The number of fused-ring (bicyclic) bond motifs is 1. The van der Waals surface area contributed by atoms with Gasteiger partial charge in [-0.1, -0.05) is 18.2 Å². The van der Waals surface area contributed by atoms with Gasteiger partial charge in [0, 0.05) is 37.2 Å². The number of para-hydroxylation sites is 1. The van der Waals surface area contributed by atoms with Crippen molar-refractivity contribution in [2.24, 2.45) is 7.05 Å². The van der Waals surface area contributed by atoms with Crippen LogP contribution in [-0.4, -0.2) is 40.9 Å². The number of aryl methyl sites for hydroxylation is 1. The van der Waals surface area contributed by atoms with E-state index in [-0.39, 0.29) is 18.4 Å². The fourth-order valence-electron chi connectivity index (χ4n) is 2.67. The molecule has 0 bridgehead atoms. The molecule has 0 aliphatic heterocycles. The lowest BCUT2D eigenvalue weighted by Crippen LogP contribution is -2.39.